The van der Waals surface area contributed by atoms with Gasteiger partial charge in [0.15, 0.2) is 0 Å². The monoisotopic (exact) mass is 351 g/mol. The molecule has 0 radical (unpaired) electrons. The predicted octanol–water partition coefficient (Wildman–Crippen LogP) is 5.45. The van der Waals surface area contributed by atoms with Gasteiger partial charge in [-0.2, -0.15) is 0 Å². The molecule has 0 aliphatic rings. The lowest BCUT2D eigenvalue weighted by atomic mass is 10.2. The van der Waals surface area contributed by atoms with Crippen LogP contribution < -0.4 is 10.1 Å². The van der Waals surface area contributed by atoms with Crippen LogP contribution in [0.4, 0.5) is 5.69 Å². The summed E-state index contributed by atoms with van der Waals surface area (Å²) in [6.45, 7) is 4.59. The van der Waals surface area contributed by atoms with Crippen LogP contribution in [0.3, 0.4) is 0 Å². The molecule has 0 spiro atoms. The second kappa shape index (κ2) is 7.99. The Morgan fingerprint density at radius 3 is 2.60 bits per heavy atom. The molecule has 0 aliphatic heterocycles. The number of nitrogens with one attached hydrogen (secondary N) is 1. The van der Waals surface area contributed by atoms with Gasteiger partial charge >= 0.3 is 0 Å². The van der Waals surface area contributed by atoms with Gasteiger partial charge in [0.1, 0.15) is 12.4 Å². The fraction of sp³-hybridized carbons (Fsp3) is 0.190. The number of carbonyl (C=O) groups excluding carboxylic acids is 1. The molecule has 128 valence electrons. The Bertz CT molecular complexity index is 852. The van der Waals surface area contributed by atoms with Crippen LogP contribution in [0.2, 0.25) is 0 Å². The topological polar surface area (TPSA) is 38.3 Å². The van der Waals surface area contributed by atoms with Gasteiger partial charge in [-0.05, 0) is 60.2 Å². The van der Waals surface area contributed by atoms with Gasteiger partial charge in [0.2, 0.25) is 0 Å². The van der Waals surface area contributed by atoms with Crippen molar-refractivity contribution in [3.05, 3.63) is 81.5 Å². The third kappa shape index (κ3) is 4.70. The number of carbonyl (C=O) groups is 1. The van der Waals surface area contributed by atoms with Crippen LogP contribution in [-0.4, -0.2) is 5.91 Å². The minimum Gasteiger partial charge on any atom is -0.489 e. The first-order valence-corrected chi connectivity index (χ1v) is 9.19. The molecular formula is C21H21NO2S. The summed E-state index contributed by atoms with van der Waals surface area (Å²) in [5.74, 6) is 0.753. The average Bonchev–Trinajstić information content (AvgIpc) is 3.09. The Balaban J connectivity index is 1.58. The molecule has 3 aromatic rings. The van der Waals surface area contributed by atoms with E-state index in [0.717, 1.165) is 29.0 Å². The minimum atomic E-state index is -0.0888. The molecule has 0 unspecified atom stereocenters. The summed E-state index contributed by atoms with van der Waals surface area (Å²) >= 11 is 1.43. The maximum atomic E-state index is 12.3. The van der Waals surface area contributed by atoms with E-state index < -0.39 is 0 Å². The van der Waals surface area contributed by atoms with Crippen molar-refractivity contribution < 1.29 is 9.53 Å². The molecule has 1 heterocycles. The highest BCUT2D eigenvalue weighted by Gasteiger charge is 2.10. The summed E-state index contributed by atoms with van der Waals surface area (Å²) in [7, 11) is 0. The molecule has 3 rings (SSSR count). The molecule has 0 saturated heterocycles. The van der Waals surface area contributed by atoms with Crippen LogP contribution in [0.1, 0.15) is 33.3 Å². The fourth-order valence-corrected chi connectivity index (χ4v) is 3.27. The summed E-state index contributed by atoms with van der Waals surface area (Å²) in [5.41, 5.74) is 4.22. The number of benzene rings is 2. The molecule has 2 aromatic carbocycles. The van der Waals surface area contributed by atoms with Gasteiger partial charge in [-0.25, -0.2) is 0 Å². The number of anilines is 1. The summed E-state index contributed by atoms with van der Waals surface area (Å²) in [6, 6.07) is 17.8. The van der Waals surface area contributed by atoms with Gasteiger partial charge < -0.3 is 10.1 Å². The van der Waals surface area contributed by atoms with Gasteiger partial charge in [-0.15, -0.1) is 11.3 Å². The van der Waals surface area contributed by atoms with E-state index in [1.807, 2.05) is 54.8 Å². The Labute approximate surface area is 152 Å². The smallest absolute Gasteiger partial charge is 0.265 e. The third-order valence-electron chi connectivity index (χ3n) is 3.89. The van der Waals surface area contributed by atoms with Gasteiger partial charge in [0.05, 0.1) is 4.88 Å². The van der Waals surface area contributed by atoms with Crippen LogP contribution in [-0.2, 0) is 13.0 Å². The molecule has 1 amide bonds. The lowest BCUT2D eigenvalue weighted by Gasteiger charge is -2.05. The van der Waals surface area contributed by atoms with Gasteiger partial charge in [0, 0.05) is 11.3 Å². The molecule has 0 fully saturated rings. The van der Waals surface area contributed by atoms with E-state index in [0.29, 0.717) is 11.5 Å². The van der Waals surface area contributed by atoms with Crippen LogP contribution in [0.15, 0.2) is 60.0 Å². The van der Waals surface area contributed by atoms with Gasteiger partial charge in [0.25, 0.3) is 5.91 Å². The summed E-state index contributed by atoms with van der Waals surface area (Å²) in [4.78, 5) is 13.0. The second-order valence-electron chi connectivity index (χ2n) is 5.93. The molecule has 3 nitrogen and oxygen atoms in total. The van der Waals surface area contributed by atoms with Crippen LogP contribution in [0.5, 0.6) is 5.75 Å². The summed E-state index contributed by atoms with van der Waals surface area (Å²) < 4.78 is 5.79. The third-order valence-corrected chi connectivity index (χ3v) is 4.87. The van der Waals surface area contributed by atoms with E-state index in [4.69, 9.17) is 4.74 Å². The Morgan fingerprint density at radius 2 is 1.88 bits per heavy atom. The zero-order chi connectivity index (χ0) is 17.6. The minimum absolute atomic E-state index is 0.0888. The largest absolute Gasteiger partial charge is 0.489 e. The number of amides is 1. The van der Waals surface area contributed by atoms with E-state index in [9.17, 15) is 4.79 Å². The zero-order valence-corrected chi connectivity index (χ0v) is 15.2. The molecular weight excluding hydrogens is 330 g/mol. The molecule has 1 N–H and O–H groups in total. The molecule has 0 atom stereocenters. The highest BCUT2D eigenvalue weighted by atomic mass is 32.1. The van der Waals surface area contributed by atoms with Crippen molar-refractivity contribution in [1.82, 2.24) is 0 Å². The zero-order valence-electron chi connectivity index (χ0n) is 14.4. The highest BCUT2D eigenvalue weighted by Crippen LogP contribution is 2.20. The number of thiophene rings is 1. The number of rotatable bonds is 6. The first-order chi connectivity index (χ1) is 12.1. The normalized spacial score (nSPS) is 10.5. The quantitative estimate of drug-likeness (QED) is 0.641. The van der Waals surface area contributed by atoms with Crippen molar-refractivity contribution in [2.45, 2.75) is 26.9 Å². The lowest BCUT2D eigenvalue weighted by molar-refractivity contribution is 0.103. The van der Waals surface area contributed by atoms with Crippen molar-refractivity contribution in [1.29, 1.82) is 0 Å². The number of ether oxygens (including phenoxy) is 1. The van der Waals surface area contributed by atoms with Gasteiger partial charge in [-0.3, -0.25) is 4.79 Å². The van der Waals surface area contributed by atoms with Crippen LogP contribution >= 0.6 is 11.3 Å². The summed E-state index contributed by atoms with van der Waals surface area (Å²) in [5, 5.41) is 4.89. The second-order valence-corrected chi connectivity index (χ2v) is 6.84. The number of hydrogen-bond donors (Lipinski definition) is 1. The van der Waals surface area contributed by atoms with Crippen LogP contribution in [0.25, 0.3) is 0 Å². The Morgan fingerprint density at radius 1 is 1.08 bits per heavy atom. The van der Waals surface area contributed by atoms with E-state index in [-0.39, 0.29) is 5.91 Å². The summed E-state index contributed by atoms with van der Waals surface area (Å²) in [6.07, 6.45) is 1.02. The van der Waals surface area contributed by atoms with E-state index >= 15 is 0 Å². The van der Waals surface area contributed by atoms with Crippen molar-refractivity contribution in [3.63, 3.8) is 0 Å². The molecule has 0 aliphatic carbocycles. The standard InChI is InChI=1S/C21H21NO2S/c1-3-16-7-9-19(10-8-16)24-13-17-12-20(25-14-17)21(23)22-18-6-4-5-15(2)11-18/h4-12,14H,3,13H2,1-2H3,(H,22,23). The number of aryl methyl sites for hydroxylation is 2. The molecule has 0 saturated carbocycles. The molecule has 25 heavy (non-hydrogen) atoms. The van der Waals surface area contributed by atoms with E-state index in [2.05, 4.69) is 24.4 Å². The average molecular weight is 351 g/mol. The predicted molar refractivity (Wildman–Crippen MR) is 104 cm³/mol. The van der Waals surface area contributed by atoms with Crippen LogP contribution in [0, 0.1) is 6.92 Å². The molecule has 4 heteroatoms. The van der Waals surface area contributed by atoms with E-state index in [1.165, 1.54) is 16.9 Å². The SMILES string of the molecule is CCc1ccc(OCc2csc(C(=O)Nc3cccc(C)c3)c2)cc1. The van der Waals surface area contributed by atoms with Crippen molar-refractivity contribution >= 4 is 22.9 Å². The maximum absolute atomic E-state index is 12.3. The molecule has 0 bridgehead atoms. The van der Waals surface area contributed by atoms with E-state index in [1.54, 1.807) is 0 Å². The van der Waals surface area contributed by atoms with Gasteiger partial charge in [-0.1, -0.05) is 31.2 Å². The maximum Gasteiger partial charge on any atom is 0.265 e. The fourth-order valence-electron chi connectivity index (χ4n) is 2.47. The first-order valence-electron chi connectivity index (χ1n) is 8.31. The lowest BCUT2D eigenvalue weighted by Crippen LogP contribution is -2.10. The highest BCUT2D eigenvalue weighted by molar-refractivity contribution is 7.12. The Hall–Kier alpha value is -2.59. The Kier molecular flexibility index (Phi) is 5.51. The van der Waals surface area contributed by atoms with Crippen molar-refractivity contribution in [3.8, 4) is 5.75 Å². The molecule has 1 aromatic heterocycles. The van der Waals surface area contributed by atoms with Crippen molar-refractivity contribution in [2.24, 2.45) is 0 Å². The first kappa shape index (κ1) is 17.2. The number of hydrogen-bond acceptors (Lipinski definition) is 3. The van der Waals surface area contributed by atoms with Crippen molar-refractivity contribution in [2.75, 3.05) is 5.32 Å².